The number of anilines is 2. The molecule has 0 spiro atoms. The smallest absolute Gasteiger partial charge is 0.149 e. The molecule has 0 saturated carbocycles. The van der Waals surface area contributed by atoms with Crippen LogP contribution in [0.1, 0.15) is 18.8 Å². The number of pyridine rings is 1. The minimum Gasteiger partial charge on any atom is -0.396 e. The van der Waals surface area contributed by atoms with E-state index < -0.39 is 0 Å². The average Bonchev–Trinajstić information content (AvgIpc) is 2.75. The summed E-state index contributed by atoms with van der Waals surface area (Å²) in [6.07, 6.45) is 3.15. The number of halogens is 1. The fourth-order valence-corrected chi connectivity index (χ4v) is 1.62. The highest BCUT2D eigenvalue weighted by atomic mass is 79.9. The third-order valence-corrected chi connectivity index (χ3v) is 2.51. The first-order valence-electron chi connectivity index (χ1n) is 4.69. The highest BCUT2D eigenvalue weighted by Gasteiger charge is 2.10. The molecule has 0 aliphatic heterocycles. The van der Waals surface area contributed by atoms with E-state index in [4.69, 9.17) is 5.73 Å². The summed E-state index contributed by atoms with van der Waals surface area (Å²) in [7, 11) is 0. The van der Waals surface area contributed by atoms with Crippen LogP contribution in [0.3, 0.4) is 0 Å². The fourth-order valence-electron chi connectivity index (χ4n) is 1.27. The van der Waals surface area contributed by atoms with Crippen LogP contribution in [-0.2, 0) is 0 Å². The van der Waals surface area contributed by atoms with Crippen molar-refractivity contribution in [3.05, 3.63) is 28.9 Å². The van der Waals surface area contributed by atoms with Crippen LogP contribution in [0, 0.1) is 0 Å². The summed E-state index contributed by atoms with van der Waals surface area (Å²) < 4.78 is 0.850. The molecule has 7 heteroatoms. The third kappa shape index (κ3) is 2.30. The van der Waals surface area contributed by atoms with Crippen molar-refractivity contribution < 1.29 is 0 Å². The largest absolute Gasteiger partial charge is 0.396 e. The Labute approximate surface area is 101 Å². The van der Waals surface area contributed by atoms with E-state index in [2.05, 4.69) is 41.4 Å². The molecule has 2 aromatic rings. The summed E-state index contributed by atoms with van der Waals surface area (Å²) in [6, 6.07) is 1.76. The Kier molecular flexibility index (Phi) is 3.04. The van der Waals surface area contributed by atoms with E-state index in [9.17, 15) is 0 Å². The standard InChI is InChI=1S/C9H11BrN6/c1-5(8-13-4-14-16-8)15-9-7(11)2-6(10)3-12-9/h2-5H,11H2,1H3,(H,12,15)(H,13,14,16). The third-order valence-electron chi connectivity index (χ3n) is 2.08. The number of aromatic nitrogens is 4. The second-order valence-electron chi connectivity index (χ2n) is 3.33. The number of H-pyrrole nitrogens is 1. The first-order chi connectivity index (χ1) is 7.66. The molecule has 6 nitrogen and oxygen atoms in total. The van der Waals surface area contributed by atoms with E-state index >= 15 is 0 Å². The SMILES string of the molecule is CC(Nc1ncc(Br)cc1N)c1ncn[nH]1. The van der Waals surface area contributed by atoms with Crippen molar-refractivity contribution in [2.75, 3.05) is 11.1 Å². The number of aromatic amines is 1. The second kappa shape index (κ2) is 4.48. The van der Waals surface area contributed by atoms with Gasteiger partial charge in [-0.3, -0.25) is 5.10 Å². The summed E-state index contributed by atoms with van der Waals surface area (Å²) in [5.41, 5.74) is 6.41. The van der Waals surface area contributed by atoms with E-state index in [0.717, 1.165) is 10.3 Å². The number of rotatable bonds is 3. The Balaban J connectivity index is 2.15. The molecule has 1 atom stereocenters. The number of nitrogens with one attached hydrogen (secondary N) is 2. The molecule has 0 bridgehead atoms. The van der Waals surface area contributed by atoms with Gasteiger partial charge in [0.2, 0.25) is 0 Å². The maximum absolute atomic E-state index is 5.82. The molecule has 0 amide bonds. The lowest BCUT2D eigenvalue weighted by Crippen LogP contribution is -2.11. The molecule has 2 rings (SSSR count). The zero-order valence-electron chi connectivity index (χ0n) is 8.61. The number of nitrogens with two attached hydrogens (primary N) is 1. The zero-order chi connectivity index (χ0) is 11.5. The first-order valence-corrected chi connectivity index (χ1v) is 5.49. The summed E-state index contributed by atoms with van der Waals surface area (Å²) in [6.45, 7) is 1.95. The van der Waals surface area contributed by atoms with Gasteiger partial charge in [0.05, 0.1) is 11.7 Å². The molecule has 2 aromatic heterocycles. The van der Waals surface area contributed by atoms with Gasteiger partial charge in [-0.15, -0.1) is 0 Å². The lowest BCUT2D eigenvalue weighted by Gasteiger charge is -2.13. The van der Waals surface area contributed by atoms with Gasteiger partial charge in [0, 0.05) is 10.7 Å². The first kappa shape index (κ1) is 10.9. The molecular formula is C9H11BrN6. The summed E-state index contributed by atoms with van der Waals surface area (Å²) >= 11 is 3.30. The molecule has 0 fully saturated rings. The quantitative estimate of drug-likeness (QED) is 0.797. The van der Waals surface area contributed by atoms with Crippen LogP contribution in [0.2, 0.25) is 0 Å². The van der Waals surface area contributed by atoms with Crippen LogP contribution in [0.15, 0.2) is 23.1 Å². The van der Waals surface area contributed by atoms with Crippen molar-refractivity contribution in [3.8, 4) is 0 Å². The fraction of sp³-hybridized carbons (Fsp3) is 0.222. The van der Waals surface area contributed by atoms with E-state index in [1.165, 1.54) is 6.33 Å². The zero-order valence-corrected chi connectivity index (χ0v) is 10.2. The lowest BCUT2D eigenvalue weighted by molar-refractivity contribution is 0.791. The molecule has 0 aliphatic carbocycles. The molecule has 4 N–H and O–H groups in total. The van der Waals surface area contributed by atoms with Crippen molar-refractivity contribution in [1.82, 2.24) is 20.2 Å². The van der Waals surface area contributed by atoms with E-state index in [1.807, 2.05) is 6.92 Å². The van der Waals surface area contributed by atoms with Gasteiger partial charge in [-0.05, 0) is 28.9 Å². The number of nitrogens with zero attached hydrogens (tertiary/aromatic N) is 3. The predicted octanol–water partition coefficient (Wildman–Crippen LogP) is 1.72. The van der Waals surface area contributed by atoms with Crippen LogP contribution >= 0.6 is 15.9 Å². The van der Waals surface area contributed by atoms with E-state index in [0.29, 0.717) is 11.5 Å². The topological polar surface area (TPSA) is 92.5 Å². The van der Waals surface area contributed by atoms with Crippen LogP contribution < -0.4 is 11.1 Å². The van der Waals surface area contributed by atoms with Crippen molar-refractivity contribution >= 4 is 27.4 Å². The van der Waals surface area contributed by atoms with Gasteiger partial charge in [0.15, 0.2) is 0 Å². The van der Waals surface area contributed by atoms with Gasteiger partial charge in [-0.1, -0.05) is 0 Å². The highest BCUT2D eigenvalue weighted by Crippen LogP contribution is 2.23. The average molecular weight is 283 g/mol. The lowest BCUT2D eigenvalue weighted by atomic mass is 10.3. The highest BCUT2D eigenvalue weighted by molar-refractivity contribution is 9.10. The van der Waals surface area contributed by atoms with Crippen molar-refractivity contribution in [3.63, 3.8) is 0 Å². The van der Waals surface area contributed by atoms with Crippen LogP contribution in [0.25, 0.3) is 0 Å². The van der Waals surface area contributed by atoms with E-state index in [1.54, 1.807) is 12.3 Å². The summed E-state index contributed by atoms with van der Waals surface area (Å²) in [4.78, 5) is 8.24. The Morgan fingerprint density at radius 2 is 2.31 bits per heavy atom. The second-order valence-corrected chi connectivity index (χ2v) is 4.24. The van der Waals surface area contributed by atoms with Crippen LogP contribution in [0.4, 0.5) is 11.5 Å². The van der Waals surface area contributed by atoms with E-state index in [-0.39, 0.29) is 6.04 Å². The molecule has 1 unspecified atom stereocenters. The number of hydrogen-bond donors (Lipinski definition) is 3. The number of hydrogen-bond acceptors (Lipinski definition) is 5. The Hall–Kier alpha value is -1.63. The van der Waals surface area contributed by atoms with Gasteiger partial charge in [-0.2, -0.15) is 5.10 Å². The van der Waals surface area contributed by atoms with Gasteiger partial charge >= 0.3 is 0 Å². The van der Waals surface area contributed by atoms with Gasteiger partial charge in [0.25, 0.3) is 0 Å². The molecule has 16 heavy (non-hydrogen) atoms. The minimum atomic E-state index is -0.0292. The Bertz CT molecular complexity index is 469. The van der Waals surface area contributed by atoms with Crippen molar-refractivity contribution in [1.29, 1.82) is 0 Å². The monoisotopic (exact) mass is 282 g/mol. The summed E-state index contributed by atoms with van der Waals surface area (Å²) in [5, 5.41) is 9.72. The van der Waals surface area contributed by atoms with Crippen molar-refractivity contribution in [2.24, 2.45) is 0 Å². The van der Waals surface area contributed by atoms with Gasteiger partial charge < -0.3 is 11.1 Å². The normalized spacial score (nSPS) is 12.4. The van der Waals surface area contributed by atoms with Gasteiger partial charge in [0.1, 0.15) is 18.0 Å². The molecule has 0 aliphatic rings. The molecule has 0 saturated heterocycles. The molecule has 2 heterocycles. The molecular weight excluding hydrogens is 272 g/mol. The van der Waals surface area contributed by atoms with Crippen LogP contribution in [-0.4, -0.2) is 20.2 Å². The van der Waals surface area contributed by atoms with Gasteiger partial charge in [-0.25, -0.2) is 9.97 Å². The predicted molar refractivity (Wildman–Crippen MR) is 64.8 cm³/mol. The maximum atomic E-state index is 5.82. The van der Waals surface area contributed by atoms with Crippen LogP contribution in [0.5, 0.6) is 0 Å². The maximum Gasteiger partial charge on any atom is 0.149 e. The number of nitrogen functional groups attached to an aromatic ring is 1. The Morgan fingerprint density at radius 3 is 2.94 bits per heavy atom. The molecule has 0 radical (unpaired) electrons. The van der Waals surface area contributed by atoms with Crippen molar-refractivity contribution in [2.45, 2.75) is 13.0 Å². The Morgan fingerprint density at radius 1 is 1.50 bits per heavy atom. The minimum absolute atomic E-state index is 0.0292. The molecule has 84 valence electrons. The molecule has 0 aromatic carbocycles. The summed E-state index contributed by atoms with van der Waals surface area (Å²) in [5.74, 6) is 1.37.